The van der Waals surface area contributed by atoms with Gasteiger partial charge in [0.15, 0.2) is 4.34 Å². The van der Waals surface area contributed by atoms with E-state index in [1.165, 1.54) is 19.3 Å². The summed E-state index contributed by atoms with van der Waals surface area (Å²) in [4.78, 5) is 0. The highest BCUT2D eigenvalue weighted by molar-refractivity contribution is 8.01. The van der Waals surface area contributed by atoms with Crippen molar-refractivity contribution in [2.75, 3.05) is 24.7 Å². The summed E-state index contributed by atoms with van der Waals surface area (Å²) in [5.41, 5.74) is 0. The Balaban J connectivity index is 1.76. The molecule has 1 N–H and O–H groups in total. The first-order chi connectivity index (χ1) is 7.38. The van der Waals surface area contributed by atoms with E-state index in [9.17, 15) is 0 Å². The number of anilines is 1. The Hall–Kier alpha value is -0.330. The predicted octanol–water partition coefficient (Wildman–Crippen LogP) is 2.24. The quantitative estimate of drug-likeness (QED) is 0.824. The molecule has 1 aromatic heterocycles. The monoisotopic (exact) mass is 245 g/mol. The molecule has 0 amide bonds. The normalized spacial score (nSPS) is 21.5. The SMILES string of the molecule is CNc1nnc(SCC2CCCCO2)s1. The Bertz CT molecular complexity index is 299. The molecule has 1 saturated heterocycles. The fourth-order valence-corrected chi connectivity index (χ4v) is 3.27. The standard InChI is InChI=1S/C9H15N3OS2/c1-10-8-11-12-9(15-8)14-6-7-4-2-3-5-13-7/h7H,2-6H2,1H3,(H,10,11). The van der Waals surface area contributed by atoms with Gasteiger partial charge in [0.05, 0.1) is 6.10 Å². The lowest BCUT2D eigenvalue weighted by atomic mass is 10.1. The van der Waals surface area contributed by atoms with Crippen LogP contribution in [0, 0.1) is 0 Å². The van der Waals surface area contributed by atoms with E-state index < -0.39 is 0 Å². The Morgan fingerprint density at radius 2 is 2.47 bits per heavy atom. The van der Waals surface area contributed by atoms with Crippen LogP contribution in [0.5, 0.6) is 0 Å². The first kappa shape index (κ1) is 11.2. The van der Waals surface area contributed by atoms with E-state index in [4.69, 9.17) is 4.74 Å². The number of rotatable bonds is 4. The molecule has 1 unspecified atom stereocenters. The van der Waals surface area contributed by atoms with E-state index in [-0.39, 0.29) is 0 Å². The van der Waals surface area contributed by atoms with Crippen molar-refractivity contribution < 1.29 is 4.74 Å². The van der Waals surface area contributed by atoms with Crippen molar-refractivity contribution in [1.29, 1.82) is 0 Å². The number of nitrogens with zero attached hydrogens (tertiary/aromatic N) is 2. The smallest absolute Gasteiger partial charge is 0.206 e. The van der Waals surface area contributed by atoms with Crippen LogP contribution in [-0.2, 0) is 4.74 Å². The average molecular weight is 245 g/mol. The van der Waals surface area contributed by atoms with Gasteiger partial charge >= 0.3 is 0 Å². The van der Waals surface area contributed by atoms with Gasteiger partial charge in [0.25, 0.3) is 0 Å². The molecule has 2 rings (SSSR count). The first-order valence-corrected chi connectivity index (χ1v) is 6.94. The predicted molar refractivity (Wildman–Crippen MR) is 63.8 cm³/mol. The Morgan fingerprint density at radius 1 is 1.53 bits per heavy atom. The van der Waals surface area contributed by atoms with E-state index in [1.807, 2.05) is 7.05 Å². The van der Waals surface area contributed by atoms with Crippen LogP contribution in [0.15, 0.2) is 4.34 Å². The Labute approximate surface area is 97.8 Å². The zero-order chi connectivity index (χ0) is 10.5. The van der Waals surface area contributed by atoms with Crippen LogP contribution in [0.25, 0.3) is 0 Å². The minimum Gasteiger partial charge on any atom is -0.377 e. The van der Waals surface area contributed by atoms with Crippen molar-refractivity contribution in [3.8, 4) is 0 Å². The lowest BCUT2D eigenvalue weighted by Gasteiger charge is -2.21. The van der Waals surface area contributed by atoms with Crippen molar-refractivity contribution in [3.05, 3.63) is 0 Å². The van der Waals surface area contributed by atoms with Crippen molar-refractivity contribution in [2.24, 2.45) is 0 Å². The maximum absolute atomic E-state index is 5.65. The van der Waals surface area contributed by atoms with E-state index in [0.29, 0.717) is 6.10 Å². The molecule has 1 aromatic rings. The fourth-order valence-electron chi connectivity index (χ4n) is 1.47. The van der Waals surface area contributed by atoms with Gasteiger partial charge in [-0.1, -0.05) is 23.1 Å². The van der Waals surface area contributed by atoms with Gasteiger partial charge in [-0.25, -0.2) is 0 Å². The second-order valence-corrected chi connectivity index (χ2v) is 5.67. The van der Waals surface area contributed by atoms with Crippen LogP contribution in [0.2, 0.25) is 0 Å². The highest BCUT2D eigenvalue weighted by Crippen LogP contribution is 2.27. The van der Waals surface area contributed by atoms with Crippen LogP contribution < -0.4 is 5.32 Å². The van der Waals surface area contributed by atoms with Crippen molar-refractivity contribution in [3.63, 3.8) is 0 Å². The average Bonchev–Trinajstić information content (AvgIpc) is 2.76. The molecule has 2 heterocycles. The highest BCUT2D eigenvalue weighted by atomic mass is 32.2. The third-order valence-corrected chi connectivity index (χ3v) is 4.49. The minimum atomic E-state index is 0.408. The van der Waals surface area contributed by atoms with E-state index >= 15 is 0 Å². The van der Waals surface area contributed by atoms with Gasteiger partial charge in [-0.15, -0.1) is 10.2 Å². The maximum atomic E-state index is 5.65. The Kier molecular flexibility index (Phi) is 4.22. The summed E-state index contributed by atoms with van der Waals surface area (Å²) in [7, 11) is 1.86. The summed E-state index contributed by atoms with van der Waals surface area (Å²) in [6, 6.07) is 0. The molecular formula is C9H15N3OS2. The van der Waals surface area contributed by atoms with Crippen molar-refractivity contribution >= 4 is 28.2 Å². The molecular weight excluding hydrogens is 230 g/mol. The van der Waals surface area contributed by atoms with Gasteiger partial charge in [-0.05, 0) is 19.3 Å². The number of hydrogen-bond donors (Lipinski definition) is 1. The molecule has 0 aromatic carbocycles. The van der Waals surface area contributed by atoms with Crippen LogP contribution in [0.4, 0.5) is 5.13 Å². The molecule has 0 saturated carbocycles. The van der Waals surface area contributed by atoms with Gasteiger partial charge in [0, 0.05) is 19.4 Å². The van der Waals surface area contributed by atoms with Crippen molar-refractivity contribution in [1.82, 2.24) is 10.2 Å². The minimum absolute atomic E-state index is 0.408. The van der Waals surface area contributed by atoms with Gasteiger partial charge in [-0.3, -0.25) is 0 Å². The van der Waals surface area contributed by atoms with Crippen LogP contribution in [0.3, 0.4) is 0 Å². The van der Waals surface area contributed by atoms with Crippen LogP contribution in [0.1, 0.15) is 19.3 Å². The molecule has 0 aliphatic carbocycles. The zero-order valence-electron chi connectivity index (χ0n) is 8.73. The summed E-state index contributed by atoms with van der Waals surface area (Å²) < 4.78 is 6.67. The lowest BCUT2D eigenvalue weighted by Crippen LogP contribution is -2.21. The first-order valence-electron chi connectivity index (χ1n) is 5.14. The largest absolute Gasteiger partial charge is 0.377 e. The molecule has 6 heteroatoms. The highest BCUT2D eigenvalue weighted by Gasteiger charge is 2.15. The second-order valence-electron chi connectivity index (χ2n) is 3.42. The summed E-state index contributed by atoms with van der Waals surface area (Å²) in [5, 5.41) is 11.9. The number of thioether (sulfide) groups is 1. The summed E-state index contributed by atoms with van der Waals surface area (Å²) in [6.07, 6.45) is 4.10. The molecule has 0 spiro atoms. The van der Waals surface area contributed by atoms with E-state index in [1.54, 1.807) is 23.1 Å². The van der Waals surface area contributed by atoms with E-state index in [0.717, 1.165) is 21.8 Å². The molecule has 0 bridgehead atoms. The number of nitrogens with one attached hydrogen (secondary N) is 1. The zero-order valence-corrected chi connectivity index (χ0v) is 10.4. The van der Waals surface area contributed by atoms with Gasteiger partial charge in [-0.2, -0.15) is 0 Å². The number of aromatic nitrogens is 2. The molecule has 84 valence electrons. The van der Waals surface area contributed by atoms with Crippen molar-refractivity contribution in [2.45, 2.75) is 29.7 Å². The number of ether oxygens (including phenoxy) is 1. The second kappa shape index (κ2) is 5.67. The third-order valence-electron chi connectivity index (χ3n) is 2.29. The molecule has 1 aliphatic rings. The summed E-state index contributed by atoms with van der Waals surface area (Å²) in [6.45, 7) is 0.920. The van der Waals surface area contributed by atoms with Gasteiger partial charge in [0.1, 0.15) is 0 Å². The number of hydrogen-bond acceptors (Lipinski definition) is 6. The molecule has 4 nitrogen and oxygen atoms in total. The Morgan fingerprint density at radius 3 is 3.13 bits per heavy atom. The molecule has 1 aliphatic heterocycles. The van der Waals surface area contributed by atoms with Crippen LogP contribution in [-0.4, -0.2) is 35.7 Å². The van der Waals surface area contributed by atoms with Crippen LogP contribution >= 0.6 is 23.1 Å². The topological polar surface area (TPSA) is 47.0 Å². The van der Waals surface area contributed by atoms with Gasteiger partial charge < -0.3 is 10.1 Å². The summed E-state index contributed by atoms with van der Waals surface area (Å²) in [5.74, 6) is 0.998. The summed E-state index contributed by atoms with van der Waals surface area (Å²) >= 11 is 3.34. The van der Waals surface area contributed by atoms with Gasteiger partial charge in [0.2, 0.25) is 5.13 Å². The molecule has 1 fully saturated rings. The fraction of sp³-hybridized carbons (Fsp3) is 0.778. The lowest BCUT2D eigenvalue weighted by molar-refractivity contribution is 0.0315. The third kappa shape index (κ3) is 3.32. The molecule has 0 radical (unpaired) electrons. The molecule has 15 heavy (non-hydrogen) atoms. The molecule has 1 atom stereocenters. The maximum Gasteiger partial charge on any atom is 0.206 e. The van der Waals surface area contributed by atoms with E-state index in [2.05, 4.69) is 15.5 Å².